The van der Waals surface area contributed by atoms with Crippen molar-refractivity contribution < 1.29 is 22.7 Å². The van der Waals surface area contributed by atoms with E-state index in [1.807, 2.05) is 30.0 Å². The first-order valence-electron chi connectivity index (χ1n) is 10.8. The summed E-state index contributed by atoms with van der Waals surface area (Å²) in [5.74, 6) is 1.25. The van der Waals surface area contributed by atoms with Gasteiger partial charge in [0.2, 0.25) is 15.9 Å². The first-order valence-corrected chi connectivity index (χ1v) is 12.6. The van der Waals surface area contributed by atoms with Crippen LogP contribution in [0.4, 0.5) is 0 Å². The third kappa shape index (κ3) is 4.72. The lowest BCUT2D eigenvalue weighted by molar-refractivity contribution is -0.137. The van der Waals surface area contributed by atoms with Crippen LogP contribution in [0, 0.1) is 5.92 Å². The summed E-state index contributed by atoms with van der Waals surface area (Å²) in [6.07, 6.45) is 0.989. The van der Waals surface area contributed by atoms with Gasteiger partial charge in [0.1, 0.15) is 13.2 Å². The van der Waals surface area contributed by atoms with Gasteiger partial charge in [0.05, 0.1) is 4.90 Å². The summed E-state index contributed by atoms with van der Waals surface area (Å²) in [4.78, 5) is 15.3. The third-order valence-electron chi connectivity index (χ3n) is 5.96. The molecular formula is C23H27ClN2O5S. The summed E-state index contributed by atoms with van der Waals surface area (Å²) >= 11 is 5.88. The molecule has 0 aromatic heterocycles. The SMILES string of the molecule is CCN(Cc1cccc2c1OCCO2)C(=O)C1CCN(S(=O)(=O)c2ccc(Cl)cc2)CC1. The second-order valence-corrected chi connectivity index (χ2v) is 10.3. The molecule has 7 nitrogen and oxygen atoms in total. The van der Waals surface area contributed by atoms with Gasteiger partial charge in [0.25, 0.3) is 0 Å². The van der Waals surface area contributed by atoms with Crippen molar-refractivity contribution in [3.05, 3.63) is 53.1 Å². The van der Waals surface area contributed by atoms with Crippen LogP contribution in [0.1, 0.15) is 25.3 Å². The fourth-order valence-corrected chi connectivity index (χ4v) is 5.76. The van der Waals surface area contributed by atoms with Gasteiger partial charge in [-0.1, -0.05) is 23.7 Å². The second-order valence-electron chi connectivity index (χ2n) is 7.93. The van der Waals surface area contributed by atoms with Crippen molar-refractivity contribution in [3.63, 3.8) is 0 Å². The zero-order valence-corrected chi connectivity index (χ0v) is 19.6. The fourth-order valence-electron chi connectivity index (χ4n) is 4.17. The summed E-state index contributed by atoms with van der Waals surface area (Å²) in [5.41, 5.74) is 0.917. The minimum Gasteiger partial charge on any atom is -0.486 e. The molecule has 0 bridgehead atoms. The van der Waals surface area contributed by atoms with Gasteiger partial charge in [0, 0.05) is 42.7 Å². The van der Waals surface area contributed by atoms with Crippen molar-refractivity contribution in [2.45, 2.75) is 31.2 Å². The van der Waals surface area contributed by atoms with E-state index in [2.05, 4.69) is 0 Å². The maximum atomic E-state index is 13.2. The van der Waals surface area contributed by atoms with Gasteiger partial charge in [-0.25, -0.2) is 8.42 Å². The average Bonchev–Trinajstić information content (AvgIpc) is 2.82. The van der Waals surface area contributed by atoms with E-state index in [9.17, 15) is 13.2 Å². The molecule has 32 heavy (non-hydrogen) atoms. The Morgan fingerprint density at radius 2 is 1.78 bits per heavy atom. The van der Waals surface area contributed by atoms with Crippen LogP contribution in [0.5, 0.6) is 11.5 Å². The number of ether oxygens (including phenoxy) is 2. The van der Waals surface area contributed by atoms with Gasteiger partial charge in [-0.15, -0.1) is 0 Å². The van der Waals surface area contributed by atoms with E-state index in [1.165, 1.54) is 16.4 Å². The topological polar surface area (TPSA) is 76.2 Å². The number of benzene rings is 2. The Morgan fingerprint density at radius 3 is 2.47 bits per heavy atom. The van der Waals surface area contributed by atoms with Crippen molar-refractivity contribution in [1.29, 1.82) is 0 Å². The summed E-state index contributed by atoms with van der Waals surface area (Å²) in [7, 11) is -3.59. The van der Waals surface area contributed by atoms with E-state index in [1.54, 1.807) is 12.1 Å². The van der Waals surface area contributed by atoms with Gasteiger partial charge in [-0.2, -0.15) is 4.31 Å². The predicted octanol–water partition coefficient (Wildman–Crippen LogP) is 3.56. The number of nitrogens with zero attached hydrogens (tertiary/aromatic N) is 2. The number of hydrogen-bond donors (Lipinski definition) is 0. The number of carbonyl (C=O) groups excluding carboxylic acids is 1. The largest absolute Gasteiger partial charge is 0.486 e. The maximum absolute atomic E-state index is 13.2. The molecule has 0 spiro atoms. The highest BCUT2D eigenvalue weighted by molar-refractivity contribution is 7.89. The van der Waals surface area contributed by atoms with Crippen LogP contribution in [-0.4, -0.2) is 56.4 Å². The van der Waals surface area contributed by atoms with E-state index >= 15 is 0 Å². The Labute approximate surface area is 193 Å². The molecule has 1 saturated heterocycles. The Kier molecular flexibility index (Phi) is 6.93. The predicted molar refractivity (Wildman–Crippen MR) is 121 cm³/mol. The average molecular weight is 479 g/mol. The number of piperidine rings is 1. The Bertz CT molecular complexity index is 1070. The molecule has 9 heteroatoms. The van der Waals surface area contributed by atoms with Crippen LogP contribution in [0.15, 0.2) is 47.4 Å². The van der Waals surface area contributed by atoms with Crippen molar-refractivity contribution in [3.8, 4) is 11.5 Å². The zero-order chi connectivity index (χ0) is 22.7. The lowest BCUT2D eigenvalue weighted by Crippen LogP contribution is -2.44. The number of fused-ring (bicyclic) bond motifs is 1. The van der Waals surface area contributed by atoms with Gasteiger partial charge >= 0.3 is 0 Å². The molecule has 0 saturated carbocycles. The minimum atomic E-state index is -3.59. The smallest absolute Gasteiger partial charge is 0.243 e. The molecule has 4 rings (SSSR count). The van der Waals surface area contributed by atoms with E-state index < -0.39 is 10.0 Å². The van der Waals surface area contributed by atoms with E-state index in [0.29, 0.717) is 68.8 Å². The van der Waals surface area contributed by atoms with Crippen LogP contribution >= 0.6 is 11.6 Å². The van der Waals surface area contributed by atoms with Crippen molar-refractivity contribution in [2.75, 3.05) is 32.8 Å². The van der Waals surface area contributed by atoms with Gasteiger partial charge in [-0.3, -0.25) is 4.79 Å². The lowest BCUT2D eigenvalue weighted by Gasteiger charge is -2.33. The number of amides is 1. The van der Waals surface area contributed by atoms with Crippen LogP contribution in [0.2, 0.25) is 5.02 Å². The molecule has 2 heterocycles. The van der Waals surface area contributed by atoms with Gasteiger partial charge in [-0.05, 0) is 50.1 Å². The number of hydrogen-bond acceptors (Lipinski definition) is 5. The first kappa shape index (κ1) is 22.9. The molecule has 0 radical (unpaired) electrons. The molecule has 0 N–H and O–H groups in total. The standard InChI is InChI=1S/C23H27ClN2O5S/c1-2-25(16-18-4-3-5-21-22(18)31-15-14-30-21)23(27)17-10-12-26(13-11-17)32(28,29)20-8-6-19(24)7-9-20/h3-9,17H,2,10-16H2,1H3. The molecule has 0 aliphatic carbocycles. The van der Waals surface area contributed by atoms with Crippen LogP contribution in [0.3, 0.4) is 0 Å². The van der Waals surface area contributed by atoms with Gasteiger partial charge in [0.15, 0.2) is 11.5 Å². The number of halogens is 1. The molecule has 1 amide bonds. The van der Waals surface area contributed by atoms with Crippen molar-refractivity contribution >= 4 is 27.5 Å². The third-order valence-corrected chi connectivity index (χ3v) is 8.12. The van der Waals surface area contributed by atoms with Crippen molar-refractivity contribution in [2.24, 2.45) is 5.92 Å². The molecule has 1 fully saturated rings. The van der Waals surface area contributed by atoms with E-state index in [4.69, 9.17) is 21.1 Å². The Morgan fingerprint density at radius 1 is 1.09 bits per heavy atom. The number of para-hydroxylation sites is 1. The lowest BCUT2D eigenvalue weighted by atomic mass is 9.96. The summed E-state index contributed by atoms with van der Waals surface area (Å²) in [6, 6.07) is 11.9. The monoisotopic (exact) mass is 478 g/mol. The molecule has 0 atom stereocenters. The molecule has 2 aromatic carbocycles. The molecule has 172 valence electrons. The summed E-state index contributed by atoms with van der Waals surface area (Å²) in [6.45, 7) is 4.59. The molecule has 2 aromatic rings. The first-order chi connectivity index (χ1) is 15.4. The Balaban J connectivity index is 1.41. The van der Waals surface area contributed by atoms with Crippen LogP contribution in [-0.2, 0) is 21.4 Å². The second kappa shape index (κ2) is 9.68. The van der Waals surface area contributed by atoms with Crippen LogP contribution < -0.4 is 9.47 Å². The zero-order valence-electron chi connectivity index (χ0n) is 18.0. The number of rotatable bonds is 6. The minimum absolute atomic E-state index is 0.0466. The Hall–Kier alpha value is -2.29. The molecule has 2 aliphatic rings. The molecular weight excluding hydrogens is 452 g/mol. The maximum Gasteiger partial charge on any atom is 0.243 e. The molecule has 0 unspecified atom stereocenters. The summed E-state index contributed by atoms with van der Waals surface area (Å²) < 4.78 is 38.7. The van der Waals surface area contributed by atoms with E-state index in [-0.39, 0.29) is 16.7 Å². The summed E-state index contributed by atoms with van der Waals surface area (Å²) in [5, 5.41) is 0.490. The highest BCUT2D eigenvalue weighted by atomic mass is 35.5. The highest BCUT2D eigenvalue weighted by Gasteiger charge is 2.34. The van der Waals surface area contributed by atoms with Crippen LogP contribution in [0.25, 0.3) is 0 Å². The number of sulfonamides is 1. The van der Waals surface area contributed by atoms with Gasteiger partial charge < -0.3 is 14.4 Å². The molecule has 2 aliphatic heterocycles. The fraction of sp³-hybridized carbons (Fsp3) is 0.435. The van der Waals surface area contributed by atoms with Crippen molar-refractivity contribution in [1.82, 2.24) is 9.21 Å². The van der Waals surface area contributed by atoms with E-state index in [0.717, 1.165) is 5.56 Å². The normalized spacial score (nSPS) is 17.2. The number of carbonyl (C=O) groups is 1. The quantitative estimate of drug-likeness (QED) is 0.634. The highest BCUT2D eigenvalue weighted by Crippen LogP contribution is 2.35.